The third kappa shape index (κ3) is 1.59. The molecule has 72 valence electrons. The molecule has 0 saturated carbocycles. The summed E-state index contributed by atoms with van der Waals surface area (Å²) in [6, 6.07) is 6.10. The van der Waals surface area contributed by atoms with Crippen LogP contribution in [0.4, 0.5) is 5.69 Å². The molecule has 0 heterocycles. The number of anilines is 1. The van der Waals surface area contributed by atoms with Crippen molar-refractivity contribution < 1.29 is 0 Å². The normalized spacial score (nSPS) is 18.5. The van der Waals surface area contributed by atoms with Crippen LogP contribution in [-0.4, -0.2) is 6.54 Å². The molecular weight excluding hydrogens is 172 g/mol. The van der Waals surface area contributed by atoms with Gasteiger partial charge in [0.25, 0.3) is 0 Å². The second kappa shape index (κ2) is 3.73. The van der Waals surface area contributed by atoms with Crippen LogP contribution in [0, 0.1) is 11.8 Å². The second-order valence-corrected chi connectivity index (χ2v) is 3.57. The lowest BCUT2D eigenvalue weighted by atomic mass is 10.0. The van der Waals surface area contributed by atoms with Crippen LogP contribution in [0.25, 0.3) is 0 Å². The average Bonchev–Trinajstić information content (AvgIpc) is 2.57. The van der Waals surface area contributed by atoms with Gasteiger partial charge < -0.3 is 11.5 Å². The van der Waals surface area contributed by atoms with Crippen molar-refractivity contribution >= 4 is 5.69 Å². The summed E-state index contributed by atoms with van der Waals surface area (Å²) in [6.07, 6.45) is 2.21. The minimum absolute atomic E-state index is 0.344. The van der Waals surface area contributed by atoms with E-state index in [9.17, 15) is 0 Å². The number of aryl methyl sites for hydroxylation is 1. The minimum atomic E-state index is 0.344. The molecule has 2 heteroatoms. The maximum Gasteiger partial charge on any atom is 0.0551 e. The smallest absolute Gasteiger partial charge is 0.0551 e. The number of nitrogen functional groups attached to an aromatic ring is 1. The van der Waals surface area contributed by atoms with Crippen LogP contribution >= 0.6 is 0 Å². The predicted molar refractivity (Wildman–Crippen MR) is 58.7 cm³/mol. The van der Waals surface area contributed by atoms with Gasteiger partial charge in [0.05, 0.1) is 6.54 Å². The van der Waals surface area contributed by atoms with Crippen molar-refractivity contribution in [3.63, 3.8) is 0 Å². The zero-order chi connectivity index (χ0) is 9.97. The third-order valence-corrected chi connectivity index (χ3v) is 2.63. The Bertz CT molecular complexity index is 399. The van der Waals surface area contributed by atoms with E-state index in [0.717, 1.165) is 18.5 Å². The molecular formula is C12H14N2. The molecule has 0 fully saturated rings. The highest BCUT2D eigenvalue weighted by atomic mass is 14.5. The van der Waals surface area contributed by atoms with Gasteiger partial charge in [-0.3, -0.25) is 0 Å². The monoisotopic (exact) mass is 186 g/mol. The third-order valence-electron chi connectivity index (χ3n) is 2.63. The van der Waals surface area contributed by atoms with Gasteiger partial charge >= 0.3 is 0 Å². The van der Waals surface area contributed by atoms with Gasteiger partial charge in [-0.1, -0.05) is 17.9 Å². The Morgan fingerprint density at radius 1 is 1.43 bits per heavy atom. The van der Waals surface area contributed by atoms with Crippen LogP contribution in [0.3, 0.4) is 0 Å². The first-order valence-electron chi connectivity index (χ1n) is 4.88. The Kier molecular flexibility index (Phi) is 2.43. The Morgan fingerprint density at radius 3 is 3.07 bits per heavy atom. The largest absolute Gasteiger partial charge is 0.399 e. The summed E-state index contributed by atoms with van der Waals surface area (Å²) in [5.41, 5.74) is 14.6. The van der Waals surface area contributed by atoms with Crippen molar-refractivity contribution in [2.75, 3.05) is 12.3 Å². The fourth-order valence-corrected chi connectivity index (χ4v) is 1.95. The average molecular weight is 186 g/mol. The Hall–Kier alpha value is -1.46. The molecule has 1 aliphatic carbocycles. The van der Waals surface area contributed by atoms with Crippen molar-refractivity contribution in [1.82, 2.24) is 0 Å². The van der Waals surface area contributed by atoms with E-state index in [2.05, 4.69) is 17.9 Å². The lowest BCUT2D eigenvalue weighted by molar-refractivity contribution is 0.835. The topological polar surface area (TPSA) is 52.0 Å². The zero-order valence-electron chi connectivity index (χ0n) is 8.09. The van der Waals surface area contributed by atoms with Gasteiger partial charge in [-0.05, 0) is 36.1 Å². The number of rotatable bonds is 0. The van der Waals surface area contributed by atoms with E-state index < -0.39 is 0 Å². The molecule has 0 amide bonds. The molecule has 0 saturated heterocycles. The maximum atomic E-state index is 5.75. The fraction of sp³-hybridized carbons (Fsp3) is 0.333. The Morgan fingerprint density at radius 2 is 2.29 bits per heavy atom. The molecule has 1 atom stereocenters. The number of fused-ring (bicyclic) bond motifs is 1. The van der Waals surface area contributed by atoms with E-state index in [4.69, 9.17) is 11.5 Å². The number of benzene rings is 1. The summed E-state index contributed by atoms with van der Waals surface area (Å²) >= 11 is 0. The number of hydrogen-bond donors (Lipinski definition) is 2. The van der Waals surface area contributed by atoms with Crippen LogP contribution in [0.1, 0.15) is 23.5 Å². The van der Waals surface area contributed by atoms with Crippen LogP contribution in [0.15, 0.2) is 18.2 Å². The Balaban J connectivity index is 2.33. The summed E-state index contributed by atoms with van der Waals surface area (Å²) in [7, 11) is 0. The summed E-state index contributed by atoms with van der Waals surface area (Å²) in [5.74, 6) is 6.47. The number of nitrogens with two attached hydrogens (primary N) is 2. The molecule has 2 rings (SSSR count). The van der Waals surface area contributed by atoms with Crippen LogP contribution in [0.2, 0.25) is 0 Å². The fourth-order valence-electron chi connectivity index (χ4n) is 1.95. The summed E-state index contributed by atoms with van der Waals surface area (Å²) < 4.78 is 0. The molecule has 1 aliphatic rings. The van der Waals surface area contributed by atoms with Crippen LogP contribution < -0.4 is 11.5 Å². The van der Waals surface area contributed by atoms with Crippen molar-refractivity contribution in [1.29, 1.82) is 0 Å². The van der Waals surface area contributed by atoms with E-state index in [1.54, 1.807) is 0 Å². The first kappa shape index (κ1) is 9.11. The van der Waals surface area contributed by atoms with Gasteiger partial charge in [0.2, 0.25) is 0 Å². The molecule has 0 aromatic heterocycles. The van der Waals surface area contributed by atoms with Gasteiger partial charge in [-0.2, -0.15) is 0 Å². The van der Waals surface area contributed by atoms with Gasteiger partial charge in [0.15, 0.2) is 0 Å². The molecule has 1 aromatic carbocycles. The quantitative estimate of drug-likeness (QED) is 0.473. The van der Waals surface area contributed by atoms with E-state index in [-0.39, 0.29) is 0 Å². The second-order valence-electron chi connectivity index (χ2n) is 3.57. The van der Waals surface area contributed by atoms with E-state index >= 15 is 0 Å². The molecule has 14 heavy (non-hydrogen) atoms. The van der Waals surface area contributed by atoms with Crippen LogP contribution in [0.5, 0.6) is 0 Å². The Labute approximate surface area is 84.3 Å². The molecule has 0 radical (unpaired) electrons. The van der Waals surface area contributed by atoms with Crippen molar-refractivity contribution in [3.05, 3.63) is 29.3 Å². The van der Waals surface area contributed by atoms with Gasteiger partial charge in [-0.15, -0.1) is 0 Å². The van der Waals surface area contributed by atoms with E-state index in [1.165, 1.54) is 11.1 Å². The molecule has 0 aliphatic heterocycles. The highest BCUT2D eigenvalue weighted by Crippen LogP contribution is 2.33. The van der Waals surface area contributed by atoms with Gasteiger partial charge in [0.1, 0.15) is 0 Å². The molecule has 0 bridgehead atoms. The van der Waals surface area contributed by atoms with Crippen molar-refractivity contribution in [3.8, 4) is 11.8 Å². The SMILES string of the molecule is NCC#CC1CCc2ccc(N)cc21. The predicted octanol–water partition coefficient (Wildman–Crippen LogP) is 1.26. The van der Waals surface area contributed by atoms with Crippen molar-refractivity contribution in [2.45, 2.75) is 18.8 Å². The van der Waals surface area contributed by atoms with Gasteiger partial charge in [0, 0.05) is 11.6 Å². The lowest BCUT2D eigenvalue weighted by Gasteiger charge is -2.04. The molecule has 2 nitrogen and oxygen atoms in total. The highest BCUT2D eigenvalue weighted by molar-refractivity contribution is 5.50. The first-order chi connectivity index (χ1) is 6.81. The molecule has 4 N–H and O–H groups in total. The summed E-state index contributed by atoms with van der Waals surface area (Å²) in [6.45, 7) is 0.439. The van der Waals surface area contributed by atoms with Crippen molar-refractivity contribution in [2.24, 2.45) is 5.73 Å². The highest BCUT2D eigenvalue weighted by Gasteiger charge is 2.20. The maximum absolute atomic E-state index is 5.75. The molecule has 1 aromatic rings. The lowest BCUT2D eigenvalue weighted by Crippen LogP contribution is -1.96. The zero-order valence-corrected chi connectivity index (χ0v) is 8.09. The first-order valence-corrected chi connectivity index (χ1v) is 4.88. The van der Waals surface area contributed by atoms with E-state index in [1.807, 2.05) is 12.1 Å². The number of hydrogen-bond acceptors (Lipinski definition) is 2. The summed E-state index contributed by atoms with van der Waals surface area (Å²) in [4.78, 5) is 0. The minimum Gasteiger partial charge on any atom is -0.399 e. The van der Waals surface area contributed by atoms with Crippen LogP contribution in [-0.2, 0) is 6.42 Å². The van der Waals surface area contributed by atoms with E-state index in [0.29, 0.717) is 12.5 Å². The van der Waals surface area contributed by atoms with Gasteiger partial charge in [-0.25, -0.2) is 0 Å². The summed E-state index contributed by atoms with van der Waals surface area (Å²) in [5, 5.41) is 0. The molecule has 0 spiro atoms. The standard InChI is InChI=1S/C12H14N2/c13-7-1-2-9-3-4-10-5-6-11(14)8-12(9)10/h5-6,8-9H,3-4,7,13-14H2. The molecule has 1 unspecified atom stereocenters.